The monoisotopic (exact) mass is 263 g/mol. The van der Waals surface area contributed by atoms with Crippen LogP contribution in [0.15, 0.2) is 24.3 Å². The predicted octanol–water partition coefficient (Wildman–Crippen LogP) is 1.21. The van der Waals surface area contributed by atoms with Gasteiger partial charge in [0.2, 0.25) is 5.91 Å². The maximum Gasteiger partial charge on any atom is 0.307 e. The lowest BCUT2D eigenvalue weighted by atomic mass is 10.2. The Bertz CT molecular complexity index is 469. The van der Waals surface area contributed by atoms with E-state index in [1.54, 1.807) is 0 Å². The van der Waals surface area contributed by atoms with Crippen molar-refractivity contribution in [3.63, 3.8) is 0 Å². The first-order valence-corrected chi connectivity index (χ1v) is 6.28. The molecule has 0 heterocycles. The van der Waals surface area contributed by atoms with E-state index >= 15 is 0 Å². The summed E-state index contributed by atoms with van der Waals surface area (Å²) in [5.41, 5.74) is 1.16. The van der Waals surface area contributed by atoms with Crippen molar-refractivity contribution >= 4 is 11.9 Å². The van der Waals surface area contributed by atoms with Crippen LogP contribution in [-0.4, -0.2) is 30.1 Å². The molecule has 0 aliphatic heterocycles. The van der Waals surface area contributed by atoms with Crippen molar-refractivity contribution < 1.29 is 19.4 Å². The molecule has 1 amide bonds. The number of carbonyl (C=O) groups is 2. The second kappa shape index (κ2) is 5.73. The van der Waals surface area contributed by atoms with Crippen LogP contribution in [0, 0.1) is 18.8 Å². The third-order valence-corrected chi connectivity index (χ3v) is 3.14. The molecule has 2 N–H and O–H groups in total. The molecule has 1 fully saturated rings. The van der Waals surface area contributed by atoms with Gasteiger partial charge >= 0.3 is 5.97 Å². The van der Waals surface area contributed by atoms with Crippen molar-refractivity contribution in [1.29, 1.82) is 0 Å². The molecule has 2 atom stereocenters. The average Bonchev–Trinajstić information content (AvgIpc) is 3.17. The Hall–Kier alpha value is -2.04. The normalized spacial score (nSPS) is 20.7. The number of aryl methyl sites for hydroxylation is 1. The first-order chi connectivity index (χ1) is 9.08. The van der Waals surface area contributed by atoms with Crippen LogP contribution in [-0.2, 0) is 9.59 Å². The van der Waals surface area contributed by atoms with Crippen LogP contribution in [0.2, 0.25) is 0 Å². The van der Waals surface area contributed by atoms with Gasteiger partial charge in [-0.3, -0.25) is 9.59 Å². The molecule has 5 nitrogen and oxygen atoms in total. The molecule has 0 saturated heterocycles. The van der Waals surface area contributed by atoms with Gasteiger partial charge in [0.05, 0.1) is 18.4 Å². The van der Waals surface area contributed by atoms with E-state index in [1.165, 1.54) is 0 Å². The summed E-state index contributed by atoms with van der Waals surface area (Å²) in [5, 5.41) is 11.4. The fourth-order valence-electron chi connectivity index (χ4n) is 1.87. The molecule has 0 aromatic heterocycles. The number of hydrogen-bond acceptors (Lipinski definition) is 3. The Kier molecular flexibility index (Phi) is 4.04. The van der Waals surface area contributed by atoms with Gasteiger partial charge in [-0.1, -0.05) is 17.7 Å². The molecule has 19 heavy (non-hydrogen) atoms. The molecule has 1 aromatic carbocycles. The first kappa shape index (κ1) is 13.4. The number of aliphatic carboxylic acids is 1. The summed E-state index contributed by atoms with van der Waals surface area (Å²) in [5.74, 6) is -1.19. The maximum atomic E-state index is 11.5. The Labute approximate surface area is 111 Å². The van der Waals surface area contributed by atoms with Crippen molar-refractivity contribution in [3.8, 4) is 5.75 Å². The van der Waals surface area contributed by atoms with Crippen molar-refractivity contribution in [2.24, 2.45) is 11.8 Å². The molecule has 1 aliphatic rings. The maximum absolute atomic E-state index is 11.5. The molecule has 1 aliphatic carbocycles. The van der Waals surface area contributed by atoms with Crippen LogP contribution in [0.5, 0.6) is 5.75 Å². The van der Waals surface area contributed by atoms with E-state index in [0.717, 1.165) is 11.3 Å². The van der Waals surface area contributed by atoms with Gasteiger partial charge in [-0.05, 0) is 25.5 Å². The van der Waals surface area contributed by atoms with Crippen LogP contribution in [0.25, 0.3) is 0 Å². The summed E-state index contributed by atoms with van der Waals surface area (Å²) in [6, 6.07) is 7.65. The quantitative estimate of drug-likeness (QED) is 0.756. The van der Waals surface area contributed by atoms with Crippen molar-refractivity contribution in [2.75, 3.05) is 13.2 Å². The molecular weight excluding hydrogens is 246 g/mol. The van der Waals surface area contributed by atoms with Gasteiger partial charge < -0.3 is 15.2 Å². The zero-order chi connectivity index (χ0) is 13.8. The number of ether oxygens (including phenoxy) is 1. The number of carboxylic acid groups (broad SMARTS) is 1. The van der Waals surface area contributed by atoms with Gasteiger partial charge in [0.15, 0.2) is 0 Å². The summed E-state index contributed by atoms with van der Waals surface area (Å²) >= 11 is 0. The van der Waals surface area contributed by atoms with E-state index in [-0.39, 0.29) is 11.8 Å². The minimum atomic E-state index is -0.893. The molecule has 2 rings (SSSR count). The molecule has 102 valence electrons. The zero-order valence-corrected chi connectivity index (χ0v) is 10.8. The van der Waals surface area contributed by atoms with Crippen molar-refractivity contribution in [2.45, 2.75) is 13.3 Å². The van der Waals surface area contributed by atoms with E-state index < -0.39 is 11.9 Å². The van der Waals surface area contributed by atoms with Crippen LogP contribution in [0.4, 0.5) is 0 Å². The molecule has 0 radical (unpaired) electrons. The SMILES string of the molecule is Cc1ccc(OCCNC(=O)C2CC2C(=O)O)cc1. The number of carboxylic acids is 1. The number of rotatable bonds is 6. The van der Waals surface area contributed by atoms with E-state index in [2.05, 4.69) is 5.32 Å². The molecule has 0 bridgehead atoms. The molecule has 1 aromatic rings. The Balaban J connectivity index is 1.63. The fourth-order valence-corrected chi connectivity index (χ4v) is 1.87. The highest BCUT2D eigenvalue weighted by atomic mass is 16.5. The second-order valence-electron chi connectivity index (χ2n) is 4.74. The smallest absolute Gasteiger partial charge is 0.307 e. The summed E-state index contributed by atoms with van der Waals surface area (Å²) in [4.78, 5) is 22.2. The molecule has 5 heteroatoms. The van der Waals surface area contributed by atoms with Gasteiger partial charge in [0.1, 0.15) is 12.4 Å². The van der Waals surface area contributed by atoms with Gasteiger partial charge in [0, 0.05) is 0 Å². The highest BCUT2D eigenvalue weighted by Crippen LogP contribution is 2.38. The highest BCUT2D eigenvalue weighted by molar-refractivity contribution is 5.89. The third kappa shape index (κ3) is 3.71. The van der Waals surface area contributed by atoms with E-state index in [0.29, 0.717) is 19.6 Å². The minimum Gasteiger partial charge on any atom is -0.492 e. The van der Waals surface area contributed by atoms with Crippen LogP contribution >= 0.6 is 0 Å². The van der Waals surface area contributed by atoms with Crippen LogP contribution in [0.3, 0.4) is 0 Å². The zero-order valence-electron chi connectivity index (χ0n) is 10.8. The average molecular weight is 263 g/mol. The number of amides is 1. The molecule has 1 saturated carbocycles. The number of hydrogen-bond donors (Lipinski definition) is 2. The lowest BCUT2D eigenvalue weighted by molar-refractivity contribution is -0.140. The van der Waals surface area contributed by atoms with Gasteiger partial charge in [-0.25, -0.2) is 0 Å². The van der Waals surface area contributed by atoms with Crippen LogP contribution in [0.1, 0.15) is 12.0 Å². The predicted molar refractivity (Wildman–Crippen MR) is 68.9 cm³/mol. The first-order valence-electron chi connectivity index (χ1n) is 6.28. The Morgan fingerprint density at radius 3 is 2.58 bits per heavy atom. The van der Waals surface area contributed by atoms with E-state index in [4.69, 9.17) is 9.84 Å². The summed E-state index contributed by atoms with van der Waals surface area (Å²) < 4.78 is 5.45. The van der Waals surface area contributed by atoms with E-state index in [1.807, 2.05) is 31.2 Å². The van der Waals surface area contributed by atoms with Gasteiger partial charge in [-0.2, -0.15) is 0 Å². The van der Waals surface area contributed by atoms with E-state index in [9.17, 15) is 9.59 Å². The van der Waals surface area contributed by atoms with Crippen molar-refractivity contribution in [1.82, 2.24) is 5.32 Å². The minimum absolute atomic E-state index is 0.195. The third-order valence-electron chi connectivity index (χ3n) is 3.14. The van der Waals surface area contributed by atoms with Crippen molar-refractivity contribution in [3.05, 3.63) is 29.8 Å². The highest BCUT2D eigenvalue weighted by Gasteiger charge is 2.48. The summed E-state index contributed by atoms with van der Waals surface area (Å²) in [6.45, 7) is 2.76. The standard InChI is InChI=1S/C14H17NO4/c1-9-2-4-10(5-3-9)19-7-6-15-13(16)11-8-12(11)14(17)18/h2-5,11-12H,6-8H2,1H3,(H,15,16)(H,17,18). The van der Waals surface area contributed by atoms with Gasteiger partial charge in [0.25, 0.3) is 0 Å². The topological polar surface area (TPSA) is 75.6 Å². The number of nitrogens with one attached hydrogen (secondary N) is 1. The lowest BCUT2D eigenvalue weighted by Gasteiger charge is -2.07. The number of carbonyl (C=O) groups excluding carboxylic acids is 1. The second-order valence-corrected chi connectivity index (χ2v) is 4.74. The number of benzene rings is 1. The molecule has 0 spiro atoms. The largest absolute Gasteiger partial charge is 0.492 e. The Morgan fingerprint density at radius 2 is 2.00 bits per heavy atom. The van der Waals surface area contributed by atoms with Gasteiger partial charge in [-0.15, -0.1) is 0 Å². The van der Waals surface area contributed by atoms with Crippen LogP contribution < -0.4 is 10.1 Å². The summed E-state index contributed by atoms with van der Waals surface area (Å²) in [6.07, 6.45) is 0.444. The summed E-state index contributed by atoms with van der Waals surface area (Å²) in [7, 11) is 0. The molecule has 2 unspecified atom stereocenters. The fraction of sp³-hybridized carbons (Fsp3) is 0.429. The lowest BCUT2D eigenvalue weighted by Crippen LogP contribution is -2.30. The molecular formula is C14H17NO4. The Morgan fingerprint density at radius 1 is 1.32 bits per heavy atom.